The van der Waals surface area contributed by atoms with Crippen LogP contribution in [-0.4, -0.2) is 39.0 Å². The third-order valence-corrected chi connectivity index (χ3v) is 5.50. The largest absolute Gasteiger partial charge is 0.463 e. The van der Waals surface area contributed by atoms with Gasteiger partial charge in [0.1, 0.15) is 11.5 Å². The lowest BCUT2D eigenvalue weighted by Crippen LogP contribution is -2.21. The number of β-amino-alcohol motifs (C(OH)–C–C–N with tert-alkyl or cyclic N) is 1. The molecule has 2 aromatic carbocycles. The van der Waals surface area contributed by atoms with Crippen molar-refractivity contribution in [3.63, 3.8) is 0 Å². The molecule has 3 heterocycles. The number of rotatable bonds is 5. The number of nitrogens with zero attached hydrogens (tertiary/aromatic N) is 3. The van der Waals surface area contributed by atoms with Crippen molar-refractivity contribution in [3.8, 4) is 28.3 Å². The van der Waals surface area contributed by atoms with Gasteiger partial charge in [-0.1, -0.05) is 24.3 Å². The summed E-state index contributed by atoms with van der Waals surface area (Å²) in [6.45, 7) is 2.26. The SMILES string of the molecule is OC1CCN(Cc2cn(-c3ccc(-c4ccc(F)cc4)cc3)nc2-c2ccco2)C1. The lowest BCUT2D eigenvalue weighted by Gasteiger charge is -2.13. The Kier molecular flexibility index (Phi) is 4.94. The van der Waals surface area contributed by atoms with E-state index in [1.54, 1.807) is 18.4 Å². The third-order valence-electron chi connectivity index (χ3n) is 5.50. The number of aromatic nitrogens is 2. The van der Waals surface area contributed by atoms with E-state index < -0.39 is 0 Å². The van der Waals surface area contributed by atoms with Gasteiger partial charge in [0.25, 0.3) is 0 Å². The van der Waals surface area contributed by atoms with Crippen LogP contribution in [0, 0.1) is 5.82 Å². The van der Waals surface area contributed by atoms with Gasteiger partial charge in [-0.2, -0.15) is 5.10 Å². The summed E-state index contributed by atoms with van der Waals surface area (Å²) >= 11 is 0. The maximum Gasteiger partial charge on any atom is 0.154 e. The van der Waals surface area contributed by atoms with Crippen molar-refractivity contribution in [1.29, 1.82) is 0 Å². The molecule has 1 fully saturated rings. The van der Waals surface area contributed by atoms with Crippen LogP contribution in [0.1, 0.15) is 12.0 Å². The molecule has 1 saturated heterocycles. The Bertz CT molecular complexity index is 1120. The lowest BCUT2D eigenvalue weighted by molar-refractivity contribution is 0.175. The molecule has 152 valence electrons. The first kappa shape index (κ1) is 18.8. The van der Waals surface area contributed by atoms with Gasteiger partial charge in [0, 0.05) is 31.4 Å². The summed E-state index contributed by atoms with van der Waals surface area (Å²) in [5, 5.41) is 14.6. The molecular formula is C24H22FN3O2. The van der Waals surface area contributed by atoms with Crippen molar-refractivity contribution >= 4 is 0 Å². The highest BCUT2D eigenvalue weighted by Crippen LogP contribution is 2.27. The van der Waals surface area contributed by atoms with Crippen molar-refractivity contribution < 1.29 is 13.9 Å². The first-order valence-electron chi connectivity index (χ1n) is 10.0. The van der Waals surface area contributed by atoms with Crippen LogP contribution in [0.4, 0.5) is 4.39 Å². The van der Waals surface area contributed by atoms with E-state index in [1.807, 2.05) is 47.3 Å². The molecular weight excluding hydrogens is 381 g/mol. The maximum atomic E-state index is 13.2. The van der Waals surface area contributed by atoms with Gasteiger partial charge >= 0.3 is 0 Å². The molecule has 0 bridgehead atoms. The Morgan fingerprint density at radius 2 is 1.77 bits per heavy atom. The van der Waals surface area contributed by atoms with E-state index in [4.69, 9.17) is 9.52 Å². The zero-order valence-corrected chi connectivity index (χ0v) is 16.4. The predicted octanol–water partition coefficient (Wildman–Crippen LogP) is 4.51. The highest BCUT2D eigenvalue weighted by atomic mass is 19.1. The highest BCUT2D eigenvalue weighted by molar-refractivity contribution is 5.65. The van der Waals surface area contributed by atoms with Gasteiger partial charge < -0.3 is 9.52 Å². The van der Waals surface area contributed by atoms with Crippen LogP contribution in [-0.2, 0) is 6.54 Å². The fourth-order valence-electron chi connectivity index (χ4n) is 3.92. The Hall–Kier alpha value is -3.22. The Labute approximate surface area is 174 Å². The number of furan rings is 1. The molecule has 1 aliphatic rings. The summed E-state index contributed by atoms with van der Waals surface area (Å²) in [4.78, 5) is 2.23. The van der Waals surface area contributed by atoms with Gasteiger partial charge in [0.2, 0.25) is 0 Å². The minimum atomic E-state index is -0.258. The zero-order chi connectivity index (χ0) is 20.5. The van der Waals surface area contributed by atoms with E-state index in [1.165, 1.54) is 12.1 Å². The minimum absolute atomic E-state index is 0.240. The van der Waals surface area contributed by atoms with Crippen LogP contribution in [0.3, 0.4) is 0 Å². The second-order valence-electron chi connectivity index (χ2n) is 7.66. The van der Waals surface area contributed by atoms with Gasteiger partial charge in [-0.15, -0.1) is 0 Å². The predicted molar refractivity (Wildman–Crippen MR) is 113 cm³/mol. The van der Waals surface area contributed by atoms with Crippen molar-refractivity contribution in [2.75, 3.05) is 13.1 Å². The van der Waals surface area contributed by atoms with Gasteiger partial charge in [0.15, 0.2) is 5.76 Å². The van der Waals surface area contributed by atoms with Crippen LogP contribution < -0.4 is 0 Å². The van der Waals surface area contributed by atoms with Crippen LogP contribution in [0.5, 0.6) is 0 Å². The smallest absolute Gasteiger partial charge is 0.154 e. The van der Waals surface area contributed by atoms with Crippen molar-refractivity contribution in [2.24, 2.45) is 0 Å². The maximum absolute atomic E-state index is 13.2. The molecule has 0 radical (unpaired) electrons. The number of aliphatic hydroxyl groups excluding tert-OH is 1. The molecule has 1 atom stereocenters. The molecule has 6 heteroatoms. The fourth-order valence-corrected chi connectivity index (χ4v) is 3.92. The molecule has 0 spiro atoms. The monoisotopic (exact) mass is 403 g/mol. The van der Waals surface area contributed by atoms with Gasteiger partial charge in [-0.05, 0) is 53.9 Å². The number of likely N-dealkylation sites (tertiary alicyclic amines) is 1. The van der Waals surface area contributed by atoms with Gasteiger partial charge in [0.05, 0.1) is 18.1 Å². The van der Waals surface area contributed by atoms with E-state index >= 15 is 0 Å². The first-order valence-corrected chi connectivity index (χ1v) is 10.0. The third kappa shape index (κ3) is 3.79. The molecule has 1 unspecified atom stereocenters. The molecule has 5 rings (SSSR count). The molecule has 0 aliphatic carbocycles. The standard InChI is InChI=1S/C24H22FN3O2/c25-20-7-3-17(4-8-20)18-5-9-21(10-6-18)28-15-19(14-27-12-11-22(29)16-27)24(26-28)23-2-1-13-30-23/h1-10,13,15,22,29H,11-12,14,16H2. The highest BCUT2D eigenvalue weighted by Gasteiger charge is 2.23. The topological polar surface area (TPSA) is 54.4 Å². The summed E-state index contributed by atoms with van der Waals surface area (Å²) in [6, 6.07) is 18.3. The molecule has 1 N–H and O–H groups in total. The Morgan fingerprint density at radius 1 is 1.03 bits per heavy atom. The lowest BCUT2D eigenvalue weighted by atomic mass is 10.1. The Morgan fingerprint density at radius 3 is 2.40 bits per heavy atom. The molecule has 0 saturated carbocycles. The second-order valence-corrected chi connectivity index (χ2v) is 7.66. The summed E-state index contributed by atoms with van der Waals surface area (Å²) < 4.78 is 20.6. The van der Waals surface area contributed by atoms with E-state index in [2.05, 4.69) is 4.90 Å². The van der Waals surface area contributed by atoms with E-state index in [9.17, 15) is 9.50 Å². The number of halogens is 1. The summed E-state index contributed by atoms with van der Waals surface area (Å²) in [6.07, 6.45) is 4.21. The van der Waals surface area contributed by atoms with E-state index in [-0.39, 0.29) is 11.9 Å². The van der Waals surface area contributed by atoms with Crippen LogP contribution >= 0.6 is 0 Å². The average molecular weight is 403 g/mol. The van der Waals surface area contributed by atoms with Crippen LogP contribution in [0.15, 0.2) is 77.5 Å². The first-order chi connectivity index (χ1) is 14.7. The Balaban J connectivity index is 1.45. The van der Waals surface area contributed by atoms with Gasteiger partial charge in [-0.25, -0.2) is 9.07 Å². The summed E-state index contributed by atoms with van der Waals surface area (Å²) in [7, 11) is 0. The quantitative estimate of drug-likeness (QED) is 0.533. The number of aliphatic hydroxyl groups is 1. The molecule has 0 amide bonds. The van der Waals surface area contributed by atoms with Gasteiger partial charge in [-0.3, -0.25) is 4.90 Å². The summed E-state index contributed by atoms with van der Waals surface area (Å²) in [5.74, 6) is 0.488. The van der Waals surface area contributed by atoms with E-state index in [0.29, 0.717) is 13.1 Å². The number of hydrogen-bond donors (Lipinski definition) is 1. The number of benzene rings is 2. The number of hydrogen-bond acceptors (Lipinski definition) is 4. The fraction of sp³-hybridized carbons (Fsp3) is 0.208. The molecule has 2 aromatic heterocycles. The second kappa shape index (κ2) is 7.89. The zero-order valence-electron chi connectivity index (χ0n) is 16.4. The van der Waals surface area contributed by atoms with Crippen molar-refractivity contribution in [2.45, 2.75) is 19.1 Å². The molecule has 1 aliphatic heterocycles. The molecule has 30 heavy (non-hydrogen) atoms. The van der Waals surface area contributed by atoms with Crippen molar-refractivity contribution in [3.05, 3.63) is 84.5 Å². The normalized spacial score (nSPS) is 16.9. The average Bonchev–Trinajstić information content (AvgIpc) is 3.50. The van der Waals surface area contributed by atoms with Crippen molar-refractivity contribution in [1.82, 2.24) is 14.7 Å². The van der Waals surface area contributed by atoms with E-state index in [0.717, 1.165) is 46.8 Å². The molecule has 5 nitrogen and oxygen atoms in total. The minimum Gasteiger partial charge on any atom is -0.463 e. The molecule has 4 aromatic rings. The summed E-state index contributed by atoms with van der Waals surface area (Å²) in [5.41, 5.74) is 4.78. The van der Waals surface area contributed by atoms with Crippen LogP contribution in [0.2, 0.25) is 0 Å². The van der Waals surface area contributed by atoms with Crippen LogP contribution in [0.25, 0.3) is 28.3 Å².